The quantitative estimate of drug-likeness (QED) is 0.534. The molecule has 0 unspecified atom stereocenters. The summed E-state index contributed by atoms with van der Waals surface area (Å²) < 4.78 is 40.9. The molecule has 0 saturated carbocycles. The molecule has 4 nitrogen and oxygen atoms in total. The first kappa shape index (κ1) is 13.7. The van der Waals surface area contributed by atoms with Gasteiger partial charge in [0.2, 0.25) is 0 Å². The molecular weight excluding hydrogens is 305 g/mol. The van der Waals surface area contributed by atoms with E-state index in [1.807, 2.05) is 24.3 Å². The molecule has 0 saturated heterocycles. The first-order valence-corrected chi connectivity index (χ1v) is 6.81. The zero-order valence-corrected chi connectivity index (χ0v) is 11.6. The van der Waals surface area contributed by atoms with E-state index in [1.165, 1.54) is 29.0 Å². The third-order valence-electron chi connectivity index (χ3n) is 3.56. The van der Waals surface area contributed by atoms with Crippen LogP contribution < -0.4 is 0 Å². The zero-order valence-electron chi connectivity index (χ0n) is 11.6. The Labute approximate surface area is 128 Å². The van der Waals surface area contributed by atoms with E-state index < -0.39 is 11.7 Å². The molecule has 2 heterocycles. The first-order chi connectivity index (χ1) is 11.0. The lowest BCUT2D eigenvalue weighted by Crippen LogP contribution is -2.07. The smallest absolute Gasteiger partial charge is 0.236 e. The van der Waals surface area contributed by atoms with Crippen LogP contribution in [0.5, 0.6) is 0 Å². The molecule has 0 aliphatic carbocycles. The highest BCUT2D eigenvalue weighted by atomic mass is 19.4. The van der Waals surface area contributed by atoms with Gasteiger partial charge in [0.05, 0.1) is 11.1 Å². The molecule has 0 N–H and O–H groups in total. The number of halogens is 3. The molecule has 0 atom stereocenters. The van der Waals surface area contributed by atoms with Gasteiger partial charge < -0.3 is 0 Å². The van der Waals surface area contributed by atoms with Gasteiger partial charge in [-0.25, -0.2) is 14.5 Å². The Balaban J connectivity index is 2.00. The summed E-state index contributed by atoms with van der Waals surface area (Å²) in [6, 6.07) is 12.6. The average molecular weight is 314 g/mol. The van der Waals surface area contributed by atoms with Gasteiger partial charge in [0, 0.05) is 10.9 Å². The summed E-state index contributed by atoms with van der Waals surface area (Å²) in [6.07, 6.45) is -3.02. The zero-order chi connectivity index (χ0) is 16.0. The fourth-order valence-corrected chi connectivity index (χ4v) is 2.52. The molecular formula is C16H9F3N4. The number of rotatable bonds is 1. The maximum Gasteiger partial charge on any atom is 0.417 e. The molecule has 114 valence electrons. The van der Waals surface area contributed by atoms with Crippen molar-refractivity contribution in [2.24, 2.45) is 0 Å². The molecule has 0 radical (unpaired) electrons. The molecule has 0 amide bonds. The van der Waals surface area contributed by atoms with Crippen molar-refractivity contribution >= 4 is 16.6 Å². The SMILES string of the molecule is FC(F)(F)c1ccccc1-c1nc2c3ccccc3ncn2n1. The largest absolute Gasteiger partial charge is 0.417 e. The molecule has 23 heavy (non-hydrogen) atoms. The van der Waals surface area contributed by atoms with Gasteiger partial charge in [-0.2, -0.15) is 13.2 Å². The summed E-state index contributed by atoms with van der Waals surface area (Å²) >= 11 is 0. The van der Waals surface area contributed by atoms with Crippen molar-refractivity contribution in [3.05, 3.63) is 60.4 Å². The maximum absolute atomic E-state index is 13.2. The van der Waals surface area contributed by atoms with E-state index in [2.05, 4.69) is 15.1 Å². The second kappa shape index (κ2) is 4.77. The molecule has 2 aromatic heterocycles. The highest BCUT2D eigenvalue weighted by molar-refractivity contribution is 5.91. The molecule has 0 spiro atoms. The van der Waals surface area contributed by atoms with Crippen LogP contribution in [0.3, 0.4) is 0 Å². The molecule has 0 fully saturated rings. The van der Waals surface area contributed by atoms with Gasteiger partial charge in [-0.15, -0.1) is 5.10 Å². The second-order valence-electron chi connectivity index (χ2n) is 5.01. The Hall–Kier alpha value is -2.96. The number of aromatic nitrogens is 4. The summed E-state index contributed by atoms with van der Waals surface area (Å²) in [5.41, 5.74) is 0.381. The minimum absolute atomic E-state index is 0.0241. The predicted molar refractivity (Wildman–Crippen MR) is 78.7 cm³/mol. The summed E-state index contributed by atoms with van der Waals surface area (Å²) in [4.78, 5) is 8.52. The van der Waals surface area contributed by atoms with E-state index in [-0.39, 0.29) is 11.4 Å². The predicted octanol–water partition coefficient (Wildman–Crippen LogP) is 3.96. The molecule has 0 bridgehead atoms. The Bertz CT molecular complexity index is 1020. The molecule has 4 aromatic rings. The minimum Gasteiger partial charge on any atom is -0.236 e. The van der Waals surface area contributed by atoms with Gasteiger partial charge in [0.1, 0.15) is 6.33 Å². The first-order valence-electron chi connectivity index (χ1n) is 6.81. The van der Waals surface area contributed by atoms with Crippen LogP contribution in [0.1, 0.15) is 5.56 Å². The molecule has 2 aromatic carbocycles. The lowest BCUT2D eigenvalue weighted by Gasteiger charge is -2.09. The van der Waals surface area contributed by atoms with Crippen LogP contribution in [0.15, 0.2) is 54.9 Å². The number of fused-ring (bicyclic) bond motifs is 3. The van der Waals surface area contributed by atoms with Gasteiger partial charge >= 0.3 is 6.18 Å². The fourth-order valence-electron chi connectivity index (χ4n) is 2.52. The standard InChI is InChI=1S/C16H9F3N4/c17-16(18,19)12-7-3-1-5-10(12)14-21-15-11-6-2-4-8-13(11)20-9-23(15)22-14/h1-9H. The normalized spacial score (nSPS) is 12.1. The monoisotopic (exact) mass is 314 g/mol. The Morgan fingerprint density at radius 2 is 1.65 bits per heavy atom. The average Bonchev–Trinajstić information content (AvgIpc) is 2.98. The number of benzene rings is 2. The van der Waals surface area contributed by atoms with Gasteiger partial charge in [-0.3, -0.25) is 0 Å². The van der Waals surface area contributed by atoms with E-state index in [4.69, 9.17) is 0 Å². The van der Waals surface area contributed by atoms with Crippen molar-refractivity contribution in [2.75, 3.05) is 0 Å². The highest BCUT2D eigenvalue weighted by Crippen LogP contribution is 2.36. The van der Waals surface area contributed by atoms with Gasteiger partial charge in [-0.1, -0.05) is 30.3 Å². The van der Waals surface area contributed by atoms with Crippen LogP contribution in [0.2, 0.25) is 0 Å². The van der Waals surface area contributed by atoms with Crippen LogP contribution in [0.4, 0.5) is 13.2 Å². The van der Waals surface area contributed by atoms with E-state index in [0.717, 1.165) is 11.5 Å². The number of nitrogens with zero attached hydrogens (tertiary/aromatic N) is 4. The van der Waals surface area contributed by atoms with Crippen LogP contribution in [0, 0.1) is 0 Å². The van der Waals surface area contributed by atoms with E-state index >= 15 is 0 Å². The van der Waals surface area contributed by atoms with Crippen LogP contribution in [-0.2, 0) is 6.18 Å². The third-order valence-corrected chi connectivity index (χ3v) is 3.56. The second-order valence-corrected chi connectivity index (χ2v) is 5.01. The summed E-state index contributed by atoms with van der Waals surface area (Å²) in [5, 5.41) is 4.88. The van der Waals surface area contributed by atoms with Crippen molar-refractivity contribution in [3.8, 4) is 11.4 Å². The number of hydrogen-bond donors (Lipinski definition) is 0. The Kier molecular flexibility index (Phi) is 2.84. The lowest BCUT2D eigenvalue weighted by atomic mass is 10.1. The van der Waals surface area contributed by atoms with Crippen molar-refractivity contribution in [2.45, 2.75) is 6.18 Å². The highest BCUT2D eigenvalue weighted by Gasteiger charge is 2.34. The van der Waals surface area contributed by atoms with Crippen LogP contribution in [-0.4, -0.2) is 19.6 Å². The lowest BCUT2D eigenvalue weighted by molar-refractivity contribution is -0.137. The van der Waals surface area contributed by atoms with Crippen LogP contribution in [0.25, 0.3) is 27.9 Å². The van der Waals surface area contributed by atoms with Crippen molar-refractivity contribution in [1.82, 2.24) is 19.6 Å². The third kappa shape index (κ3) is 2.21. The Morgan fingerprint density at radius 3 is 2.48 bits per heavy atom. The maximum atomic E-state index is 13.2. The number of para-hydroxylation sites is 1. The molecule has 4 rings (SSSR count). The van der Waals surface area contributed by atoms with Gasteiger partial charge in [0.25, 0.3) is 0 Å². The van der Waals surface area contributed by atoms with Crippen molar-refractivity contribution in [1.29, 1.82) is 0 Å². The van der Waals surface area contributed by atoms with Gasteiger partial charge in [0.15, 0.2) is 11.5 Å². The number of hydrogen-bond acceptors (Lipinski definition) is 3. The molecule has 0 aliphatic rings. The van der Waals surface area contributed by atoms with Gasteiger partial charge in [-0.05, 0) is 18.2 Å². The minimum atomic E-state index is -4.46. The van der Waals surface area contributed by atoms with E-state index in [0.29, 0.717) is 11.2 Å². The summed E-state index contributed by atoms with van der Waals surface area (Å²) in [7, 11) is 0. The number of alkyl halides is 3. The van der Waals surface area contributed by atoms with Crippen molar-refractivity contribution in [3.63, 3.8) is 0 Å². The van der Waals surface area contributed by atoms with E-state index in [1.54, 1.807) is 0 Å². The Morgan fingerprint density at radius 1 is 0.913 bits per heavy atom. The summed E-state index contributed by atoms with van der Waals surface area (Å²) in [6.45, 7) is 0. The topological polar surface area (TPSA) is 43.1 Å². The molecule has 7 heteroatoms. The fraction of sp³-hybridized carbons (Fsp3) is 0.0625. The van der Waals surface area contributed by atoms with Crippen molar-refractivity contribution < 1.29 is 13.2 Å². The van der Waals surface area contributed by atoms with E-state index in [9.17, 15) is 13.2 Å². The molecule has 0 aliphatic heterocycles. The summed E-state index contributed by atoms with van der Waals surface area (Å²) in [5.74, 6) is 0.0241. The van der Waals surface area contributed by atoms with Crippen LogP contribution >= 0.6 is 0 Å².